The number of amides is 1. The zero-order valence-corrected chi connectivity index (χ0v) is 14.7. The Bertz CT molecular complexity index is 745. The monoisotopic (exact) mass is 342 g/mol. The molecule has 24 heavy (non-hydrogen) atoms. The summed E-state index contributed by atoms with van der Waals surface area (Å²) in [6, 6.07) is 6.03. The van der Waals surface area contributed by atoms with Crippen molar-refractivity contribution in [1.29, 1.82) is 0 Å². The number of ether oxygens (including phenoxy) is 1. The Labute approximate surface area is 146 Å². The molecule has 5 heteroatoms. The van der Waals surface area contributed by atoms with Crippen molar-refractivity contribution in [3.05, 3.63) is 44.9 Å². The van der Waals surface area contributed by atoms with Crippen LogP contribution in [0.2, 0.25) is 0 Å². The van der Waals surface area contributed by atoms with Crippen molar-refractivity contribution >= 4 is 17.2 Å². The molecule has 1 aliphatic heterocycles. The van der Waals surface area contributed by atoms with Gasteiger partial charge in [0.25, 0.3) is 0 Å². The number of aryl methyl sites for hydroxylation is 2. The second-order valence-electron chi connectivity index (χ2n) is 6.64. The second kappa shape index (κ2) is 6.55. The number of carbonyl (C=O) groups excluding carboxylic acids is 1. The summed E-state index contributed by atoms with van der Waals surface area (Å²) >= 11 is 1.77. The minimum absolute atomic E-state index is 0.0224. The molecule has 4 rings (SSSR count). The van der Waals surface area contributed by atoms with Gasteiger partial charge in [-0.05, 0) is 49.8 Å². The summed E-state index contributed by atoms with van der Waals surface area (Å²) in [5.41, 5.74) is 3.50. The van der Waals surface area contributed by atoms with E-state index >= 15 is 0 Å². The number of aromatic nitrogens is 1. The molecule has 4 nitrogen and oxygen atoms in total. The molecule has 0 saturated heterocycles. The Morgan fingerprint density at radius 1 is 1.33 bits per heavy atom. The lowest BCUT2D eigenvalue weighted by Gasteiger charge is -2.11. The van der Waals surface area contributed by atoms with Crippen LogP contribution in [0.1, 0.15) is 52.5 Å². The average molecular weight is 342 g/mol. The van der Waals surface area contributed by atoms with Crippen molar-refractivity contribution in [3.63, 3.8) is 0 Å². The molecule has 0 spiro atoms. The van der Waals surface area contributed by atoms with Gasteiger partial charge in [-0.1, -0.05) is 12.1 Å². The van der Waals surface area contributed by atoms with E-state index in [1.165, 1.54) is 29.0 Å². The van der Waals surface area contributed by atoms with Crippen LogP contribution >= 0.6 is 11.3 Å². The predicted octanol–water partition coefficient (Wildman–Crippen LogP) is 3.38. The van der Waals surface area contributed by atoms with E-state index in [0.717, 1.165) is 42.2 Å². The van der Waals surface area contributed by atoms with Crippen LogP contribution in [0, 0.1) is 0 Å². The molecule has 1 atom stereocenters. The molecule has 126 valence electrons. The number of nitrogens with one attached hydrogen (secondary N) is 1. The van der Waals surface area contributed by atoms with Crippen LogP contribution in [0.4, 0.5) is 0 Å². The van der Waals surface area contributed by atoms with Crippen molar-refractivity contribution in [1.82, 2.24) is 10.3 Å². The molecular weight excluding hydrogens is 320 g/mol. The minimum atomic E-state index is -0.0224. The fraction of sp³-hybridized carbons (Fsp3) is 0.474. The van der Waals surface area contributed by atoms with Crippen molar-refractivity contribution in [2.24, 2.45) is 0 Å². The predicted molar refractivity (Wildman–Crippen MR) is 94.7 cm³/mol. The van der Waals surface area contributed by atoms with Crippen LogP contribution in [0.15, 0.2) is 18.2 Å². The highest BCUT2D eigenvalue weighted by Crippen LogP contribution is 2.30. The van der Waals surface area contributed by atoms with Crippen LogP contribution in [-0.4, -0.2) is 17.5 Å². The van der Waals surface area contributed by atoms with E-state index in [2.05, 4.69) is 11.4 Å². The van der Waals surface area contributed by atoms with E-state index in [9.17, 15) is 4.79 Å². The highest BCUT2D eigenvalue weighted by Gasteiger charge is 2.20. The summed E-state index contributed by atoms with van der Waals surface area (Å²) in [6.07, 6.45) is 6.07. The number of hydrogen-bond acceptors (Lipinski definition) is 4. The van der Waals surface area contributed by atoms with Gasteiger partial charge in [0.2, 0.25) is 5.91 Å². The lowest BCUT2D eigenvalue weighted by atomic mass is 10.0. The third kappa shape index (κ3) is 3.18. The van der Waals surface area contributed by atoms with Crippen LogP contribution in [-0.2, 0) is 30.5 Å². The molecule has 0 saturated carbocycles. The molecule has 2 heterocycles. The lowest BCUT2D eigenvalue weighted by molar-refractivity contribution is -0.121. The largest absolute Gasteiger partial charge is 0.493 e. The summed E-state index contributed by atoms with van der Waals surface area (Å²) in [7, 11) is 0. The zero-order chi connectivity index (χ0) is 16.5. The Morgan fingerprint density at radius 2 is 2.21 bits per heavy atom. The molecule has 1 aromatic carbocycles. The van der Waals surface area contributed by atoms with E-state index < -0.39 is 0 Å². The molecule has 0 bridgehead atoms. The molecule has 2 aliphatic rings. The standard InChI is InChI=1S/C19H22N2O2S/c1-12(19-21-15-4-2-3-5-17(15)24-19)20-18(22)11-13-6-7-16-14(10-13)8-9-23-16/h6-7,10,12H,2-5,8-9,11H2,1H3,(H,20,22)/t12-/m1/s1. The van der Waals surface area contributed by atoms with Crippen LogP contribution < -0.4 is 10.1 Å². The Balaban J connectivity index is 1.39. The van der Waals surface area contributed by atoms with Gasteiger partial charge < -0.3 is 10.1 Å². The minimum Gasteiger partial charge on any atom is -0.493 e. The van der Waals surface area contributed by atoms with Gasteiger partial charge in [0.05, 0.1) is 24.8 Å². The van der Waals surface area contributed by atoms with Crippen LogP contribution in [0.5, 0.6) is 5.75 Å². The maximum atomic E-state index is 12.4. The smallest absolute Gasteiger partial charge is 0.224 e. The topological polar surface area (TPSA) is 51.2 Å². The number of carbonyl (C=O) groups is 1. The fourth-order valence-electron chi connectivity index (χ4n) is 3.45. The number of benzene rings is 1. The maximum Gasteiger partial charge on any atom is 0.224 e. The van der Waals surface area contributed by atoms with Crippen molar-refractivity contribution in [3.8, 4) is 5.75 Å². The highest BCUT2D eigenvalue weighted by molar-refractivity contribution is 7.11. The van der Waals surface area contributed by atoms with Crippen molar-refractivity contribution in [2.45, 2.75) is 51.5 Å². The van der Waals surface area contributed by atoms with Crippen molar-refractivity contribution < 1.29 is 9.53 Å². The van der Waals surface area contributed by atoms with Gasteiger partial charge in [-0.2, -0.15) is 0 Å². The lowest BCUT2D eigenvalue weighted by Crippen LogP contribution is -2.28. The third-order valence-electron chi connectivity index (χ3n) is 4.73. The van der Waals surface area contributed by atoms with E-state index in [1.807, 2.05) is 19.1 Å². The van der Waals surface area contributed by atoms with E-state index in [-0.39, 0.29) is 11.9 Å². The highest BCUT2D eigenvalue weighted by atomic mass is 32.1. The summed E-state index contributed by atoms with van der Waals surface area (Å²) in [4.78, 5) is 18.5. The maximum absolute atomic E-state index is 12.4. The van der Waals surface area contributed by atoms with E-state index in [1.54, 1.807) is 11.3 Å². The second-order valence-corrected chi connectivity index (χ2v) is 7.75. The zero-order valence-electron chi connectivity index (χ0n) is 13.9. The summed E-state index contributed by atoms with van der Waals surface area (Å²) in [5, 5.41) is 4.14. The first-order valence-corrected chi connectivity index (χ1v) is 9.53. The molecule has 1 aliphatic carbocycles. The molecule has 1 N–H and O–H groups in total. The van der Waals surface area contributed by atoms with E-state index in [0.29, 0.717) is 6.42 Å². The van der Waals surface area contributed by atoms with Gasteiger partial charge in [-0.25, -0.2) is 4.98 Å². The quantitative estimate of drug-likeness (QED) is 0.927. The van der Waals surface area contributed by atoms with Gasteiger partial charge >= 0.3 is 0 Å². The van der Waals surface area contributed by atoms with Crippen molar-refractivity contribution in [2.75, 3.05) is 6.61 Å². The van der Waals surface area contributed by atoms with Gasteiger partial charge in [0, 0.05) is 11.3 Å². The number of thiazole rings is 1. The van der Waals surface area contributed by atoms with Gasteiger partial charge in [0.1, 0.15) is 10.8 Å². The third-order valence-corrected chi connectivity index (χ3v) is 6.07. The number of nitrogens with zero attached hydrogens (tertiary/aromatic N) is 1. The molecular formula is C19H22N2O2S. The molecule has 2 aromatic rings. The number of rotatable bonds is 4. The molecule has 1 amide bonds. The molecule has 1 aromatic heterocycles. The molecule has 0 radical (unpaired) electrons. The normalized spacial score (nSPS) is 16.9. The first-order valence-electron chi connectivity index (χ1n) is 8.71. The number of hydrogen-bond donors (Lipinski definition) is 1. The van der Waals surface area contributed by atoms with Crippen LogP contribution in [0.3, 0.4) is 0 Å². The summed E-state index contributed by atoms with van der Waals surface area (Å²) < 4.78 is 5.51. The summed E-state index contributed by atoms with van der Waals surface area (Å²) in [6.45, 7) is 2.77. The first kappa shape index (κ1) is 15.6. The average Bonchev–Trinajstić information content (AvgIpc) is 3.20. The molecule has 0 unspecified atom stereocenters. The Morgan fingerprint density at radius 3 is 3.08 bits per heavy atom. The van der Waals surface area contributed by atoms with Gasteiger partial charge in [-0.15, -0.1) is 11.3 Å². The Kier molecular flexibility index (Phi) is 4.27. The Hall–Kier alpha value is -1.88. The first-order chi connectivity index (χ1) is 11.7. The van der Waals surface area contributed by atoms with Crippen LogP contribution in [0.25, 0.3) is 0 Å². The SMILES string of the molecule is C[C@@H](NC(=O)Cc1ccc2c(c1)CCO2)c1nc2c(s1)CCCC2. The van der Waals surface area contributed by atoms with Gasteiger partial charge in [0.15, 0.2) is 0 Å². The summed E-state index contributed by atoms with van der Waals surface area (Å²) in [5.74, 6) is 1.01. The number of fused-ring (bicyclic) bond motifs is 2. The fourth-order valence-corrected chi connectivity index (χ4v) is 4.60. The molecule has 0 fully saturated rings. The van der Waals surface area contributed by atoms with E-state index in [4.69, 9.17) is 9.72 Å². The van der Waals surface area contributed by atoms with Gasteiger partial charge in [-0.3, -0.25) is 4.79 Å².